The zero-order valence-electron chi connectivity index (χ0n) is 51.8. The molecule has 426 valence electrons. The van der Waals surface area contributed by atoms with Gasteiger partial charge in [-0.15, -0.1) is 0 Å². The summed E-state index contributed by atoms with van der Waals surface area (Å²) in [4.78, 5) is 5.08. The van der Waals surface area contributed by atoms with E-state index in [0.717, 1.165) is 29.0 Å². The van der Waals surface area contributed by atoms with Gasteiger partial charge in [0, 0.05) is 17.7 Å². The van der Waals surface area contributed by atoms with Crippen LogP contribution in [0.15, 0.2) is 284 Å². The lowest BCUT2D eigenvalue weighted by Crippen LogP contribution is -2.01. The van der Waals surface area contributed by atoms with Crippen molar-refractivity contribution in [2.75, 3.05) is 0 Å². The first-order valence-corrected chi connectivity index (χ1v) is 29.3. The predicted molar refractivity (Wildman–Crippen MR) is 377 cm³/mol. The summed E-state index contributed by atoms with van der Waals surface area (Å²) >= 11 is 0. The molecule has 0 N–H and O–H groups in total. The highest BCUT2D eigenvalue weighted by atomic mass is 32.1. The van der Waals surface area contributed by atoms with Crippen LogP contribution in [0.1, 0.15) is 75.0 Å². The number of aliphatic imine (C=N–C) groups is 1. The highest BCUT2D eigenvalue weighted by Gasteiger charge is 2.14. The summed E-state index contributed by atoms with van der Waals surface area (Å²) in [5.74, 6) is 0. The lowest BCUT2D eigenvalue weighted by molar-refractivity contribution is 1.28. The molecule has 85 heavy (non-hydrogen) atoms. The molecule has 11 aromatic rings. The van der Waals surface area contributed by atoms with Gasteiger partial charge in [-0.3, -0.25) is 4.99 Å². The molecule has 0 aliphatic carbocycles. The fraction of sp³-hybridized carbons (Fsp3) is 0.145. The molecule has 0 aliphatic heterocycles. The molecule has 11 rings (SSSR count). The fourth-order valence-electron chi connectivity index (χ4n) is 10.5. The normalized spacial score (nSPS) is 10.9. The van der Waals surface area contributed by atoms with Crippen LogP contribution >= 0.6 is 13.5 Å². The quantitative estimate of drug-likeness (QED) is 0.0904. The molecule has 0 fully saturated rings. The van der Waals surface area contributed by atoms with E-state index in [9.17, 15) is 0 Å². The molecular weight excluding hydrogens is 1040 g/mol. The largest absolute Gasteiger partial charge is 0.257 e. The third kappa shape index (κ3) is 17.5. The Morgan fingerprint density at radius 2 is 0.600 bits per heavy atom. The maximum Gasteiger partial charge on any atom is 0.0703 e. The Labute approximate surface area is 516 Å². The molecule has 0 saturated carbocycles. The van der Waals surface area contributed by atoms with Gasteiger partial charge in [0.25, 0.3) is 0 Å². The van der Waals surface area contributed by atoms with Gasteiger partial charge in [-0.1, -0.05) is 260 Å². The average molecular weight is 1130 g/mol. The third-order valence-electron chi connectivity index (χ3n) is 15.3. The van der Waals surface area contributed by atoms with E-state index in [1.165, 1.54) is 122 Å². The molecule has 0 bridgehead atoms. The zero-order valence-corrected chi connectivity index (χ0v) is 52.8. The number of allylic oxidation sites excluding steroid dienone is 2. The summed E-state index contributed by atoms with van der Waals surface area (Å²) < 4.78 is 0. The zero-order chi connectivity index (χ0) is 59.5. The van der Waals surface area contributed by atoms with Crippen LogP contribution in [0.4, 0.5) is 0 Å². The van der Waals surface area contributed by atoms with Crippen LogP contribution in [0.2, 0.25) is 0 Å². The van der Waals surface area contributed by atoms with Crippen LogP contribution in [0.25, 0.3) is 72.5 Å². The summed E-state index contributed by atoms with van der Waals surface area (Å²) in [5.41, 5.74) is 32.4. The summed E-state index contributed by atoms with van der Waals surface area (Å²) in [6, 6.07) is 92.8. The van der Waals surface area contributed by atoms with Gasteiger partial charge < -0.3 is 0 Å². The van der Waals surface area contributed by atoms with Gasteiger partial charge in [0.1, 0.15) is 0 Å². The highest BCUT2D eigenvalue weighted by Crippen LogP contribution is 2.37. The van der Waals surface area contributed by atoms with Crippen molar-refractivity contribution >= 4 is 24.9 Å². The second-order valence-corrected chi connectivity index (χ2v) is 22.3. The Morgan fingerprint density at radius 3 is 0.918 bits per heavy atom. The maximum atomic E-state index is 5.08. The van der Waals surface area contributed by atoms with E-state index in [-0.39, 0.29) is 13.5 Å². The third-order valence-corrected chi connectivity index (χ3v) is 15.3. The van der Waals surface area contributed by atoms with Gasteiger partial charge in [-0.05, 0) is 218 Å². The molecule has 0 unspecified atom stereocenters. The molecule has 0 atom stereocenters. The number of rotatable bonds is 11. The van der Waals surface area contributed by atoms with Crippen molar-refractivity contribution in [1.29, 1.82) is 0 Å². The van der Waals surface area contributed by atoms with Crippen molar-refractivity contribution in [2.24, 2.45) is 4.99 Å². The standard InChI is InChI=1S/C41H39N.C28H26.2C7H8.H2S/c1-28(2)24-41(33-15-8-7-9-16-33)42-32(6)25-36-17-11-13-19-38(36)40-27-35(23-21-31(40)5)34-22-20-30(4)39(26-34)37-18-12-10-14-29(37)3;1-19-9-5-7-11-25(19)27-17-23(15-13-21(27)3)24-16-14-22(4)28(18-24)26-12-8-6-10-20(26)2;2*1-7-5-3-2-4-6-7;/h7-24,26-27H,1,25H2,2-6H3;5-18H,1-4H3;2*2-6H,1H3;1H2/b41-24-,42-32?;;;;. The molecule has 1 nitrogen and oxygen atoms in total. The first kappa shape index (κ1) is 63.5. The molecule has 0 aromatic heterocycles. The Bertz CT molecular complexity index is 3920. The van der Waals surface area contributed by atoms with E-state index in [0.29, 0.717) is 0 Å². The monoisotopic (exact) mass is 1130 g/mol. The first-order valence-electron chi connectivity index (χ1n) is 29.3. The Morgan fingerprint density at radius 1 is 0.318 bits per heavy atom. The average Bonchev–Trinajstić information content (AvgIpc) is 3.25. The topological polar surface area (TPSA) is 12.4 Å². The van der Waals surface area contributed by atoms with Crippen molar-refractivity contribution in [2.45, 2.75) is 82.6 Å². The molecule has 0 aliphatic rings. The Kier molecular flexibility index (Phi) is 23.2. The highest BCUT2D eigenvalue weighted by molar-refractivity contribution is 7.59. The SMILES string of the molecule is C=C(C)/C=C(\N=C(C)Cc1ccccc1-c1cc(-c2ccc(C)c(-c3ccccc3C)c2)ccc1C)c1ccccc1.Cc1ccccc1.Cc1ccccc1.Cc1ccccc1-c1cc(-c2ccc(C)c(-c3ccccc3C)c2)ccc1C.S. The second-order valence-electron chi connectivity index (χ2n) is 22.3. The Hall–Kier alpha value is -9.08. The number of nitrogens with zero attached hydrogens (tertiary/aromatic N) is 1. The van der Waals surface area contributed by atoms with Crippen LogP contribution in [0.5, 0.6) is 0 Å². The van der Waals surface area contributed by atoms with Crippen molar-refractivity contribution in [3.05, 3.63) is 340 Å². The molecule has 0 radical (unpaired) electrons. The number of benzene rings is 11. The van der Waals surface area contributed by atoms with E-state index in [1.807, 2.05) is 49.4 Å². The summed E-state index contributed by atoms with van der Waals surface area (Å²) in [6.45, 7) is 27.7. The van der Waals surface area contributed by atoms with Crippen LogP contribution in [-0.2, 0) is 6.42 Å². The molecule has 2 heteroatoms. The van der Waals surface area contributed by atoms with E-state index in [1.54, 1.807) is 0 Å². The molecule has 0 heterocycles. The molecular formula is C83H83NS. The maximum absolute atomic E-state index is 5.08. The lowest BCUT2D eigenvalue weighted by atomic mass is 9.89. The van der Waals surface area contributed by atoms with Crippen molar-refractivity contribution in [3.63, 3.8) is 0 Å². The lowest BCUT2D eigenvalue weighted by Gasteiger charge is -2.16. The van der Waals surface area contributed by atoms with Gasteiger partial charge in [-0.2, -0.15) is 13.5 Å². The summed E-state index contributed by atoms with van der Waals surface area (Å²) in [5, 5.41) is 0. The van der Waals surface area contributed by atoms with Crippen LogP contribution in [-0.4, -0.2) is 5.71 Å². The van der Waals surface area contributed by atoms with E-state index in [2.05, 4.69) is 300 Å². The summed E-state index contributed by atoms with van der Waals surface area (Å²) in [7, 11) is 0. The minimum atomic E-state index is 0. The molecule has 0 spiro atoms. The van der Waals surface area contributed by atoms with E-state index < -0.39 is 0 Å². The van der Waals surface area contributed by atoms with E-state index >= 15 is 0 Å². The van der Waals surface area contributed by atoms with Gasteiger partial charge in [-0.25, -0.2) is 0 Å². The van der Waals surface area contributed by atoms with Gasteiger partial charge in [0.2, 0.25) is 0 Å². The smallest absolute Gasteiger partial charge is 0.0703 e. The Balaban J connectivity index is 0.000000204. The van der Waals surface area contributed by atoms with Gasteiger partial charge in [0.15, 0.2) is 0 Å². The molecule has 11 aromatic carbocycles. The van der Waals surface area contributed by atoms with Crippen molar-refractivity contribution in [3.8, 4) is 66.8 Å². The van der Waals surface area contributed by atoms with Crippen molar-refractivity contribution < 1.29 is 0 Å². The van der Waals surface area contributed by atoms with Gasteiger partial charge >= 0.3 is 0 Å². The second kappa shape index (κ2) is 31.0. The minimum absolute atomic E-state index is 0. The van der Waals surface area contributed by atoms with E-state index in [4.69, 9.17) is 4.99 Å². The van der Waals surface area contributed by atoms with Crippen LogP contribution in [0.3, 0.4) is 0 Å². The molecule has 0 saturated heterocycles. The van der Waals surface area contributed by atoms with Crippen LogP contribution in [0, 0.1) is 62.3 Å². The number of hydrogen-bond acceptors (Lipinski definition) is 1. The molecule has 0 amide bonds. The number of hydrogen-bond donors (Lipinski definition) is 0. The summed E-state index contributed by atoms with van der Waals surface area (Å²) in [6.07, 6.45) is 2.83. The number of aryl methyl sites for hydroxylation is 9. The van der Waals surface area contributed by atoms with Crippen molar-refractivity contribution in [1.82, 2.24) is 0 Å². The fourth-order valence-corrected chi connectivity index (χ4v) is 10.5. The van der Waals surface area contributed by atoms with Gasteiger partial charge in [0.05, 0.1) is 5.70 Å². The van der Waals surface area contributed by atoms with Crippen LogP contribution < -0.4 is 0 Å². The first-order chi connectivity index (χ1) is 40.6. The minimum Gasteiger partial charge on any atom is -0.257 e. The predicted octanol–water partition coefficient (Wildman–Crippen LogP) is 23.3.